The van der Waals surface area contributed by atoms with Crippen LogP contribution in [0.3, 0.4) is 0 Å². The van der Waals surface area contributed by atoms with Gasteiger partial charge < -0.3 is 0 Å². The first kappa shape index (κ1) is 32.7. The molecule has 0 unspecified atom stereocenters. The minimum Gasteiger partial charge on any atom is -0.228 e. The number of nitrogens with zero attached hydrogens (tertiary/aromatic N) is 2. The number of aromatic nitrogens is 2. The highest BCUT2D eigenvalue weighted by Crippen LogP contribution is 2.50. The van der Waals surface area contributed by atoms with E-state index >= 15 is 0 Å². The van der Waals surface area contributed by atoms with E-state index in [4.69, 9.17) is 9.97 Å². The lowest BCUT2D eigenvalue weighted by atomic mass is 9.82. The van der Waals surface area contributed by atoms with Crippen LogP contribution in [0.5, 0.6) is 0 Å². The highest BCUT2D eigenvalue weighted by atomic mass is 32.1. The SMILES string of the molecule is CC1(C)c2ccccc2-c2ccc(-c3cc(-c4cc(-c5ccccc5)cc(-c5cccc6sc7cc8ccccc8cc7c56)c4)nc(-c4ccccc4)n3)cc21. The fourth-order valence-electron chi connectivity index (χ4n) is 8.80. The van der Waals surface area contributed by atoms with Crippen LogP contribution in [0.15, 0.2) is 182 Å². The van der Waals surface area contributed by atoms with Gasteiger partial charge in [0.1, 0.15) is 0 Å². The number of thiophene rings is 1. The molecule has 0 radical (unpaired) electrons. The zero-order valence-corrected chi connectivity index (χ0v) is 31.9. The maximum atomic E-state index is 5.33. The van der Waals surface area contributed by atoms with Crippen LogP contribution in [-0.2, 0) is 5.41 Å². The minimum absolute atomic E-state index is 0.113. The molecule has 8 aromatic carbocycles. The fourth-order valence-corrected chi connectivity index (χ4v) is 9.97. The molecule has 1 aliphatic carbocycles. The topological polar surface area (TPSA) is 25.8 Å². The van der Waals surface area contributed by atoms with Crippen LogP contribution < -0.4 is 0 Å². The second-order valence-corrected chi connectivity index (χ2v) is 16.5. The zero-order chi connectivity index (χ0) is 37.4. The van der Waals surface area contributed by atoms with Gasteiger partial charge in [-0.15, -0.1) is 11.3 Å². The van der Waals surface area contributed by atoms with Crippen molar-refractivity contribution in [2.45, 2.75) is 19.3 Å². The van der Waals surface area contributed by atoms with Crippen LogP contribution >= 0.6 is 11.3 Å². The van der Waals surface area contributed by atoms with Crippen molar-refractivity contribution in [3.63, 3.8) is 0 Å². The standard InChI is InChI=1S/C53H36N2S/c1-53(2)45-22-12-11-20-42(45)43-25-24-37(30-46(43)53)47-32-48(55-52(54-47)34-16-7-4-8-17-34)40-27-38(33-14-5-3-6-15-33)26-39(28-40)41-21-13-23-49-51(41)44-29-35-18-9-10-19-36(35)31-50(44)56-49/h3-32H,1-2H3. The van der Waals surface area contributed by atoms with Gasteiger partial charge in [0.15, 0.2) is 5.82 Å². The number of benzene rings is 8. The number of hydrogen-bond acceptors (Lipinski definition) is 3. The second-order valence-electron chi connectivity index (χ2n) is 15.4. The maximum absolute atomic E-state index is 5.33. The van der Waals surface area contributed by atoms with E-state index in [0.717, 1.165) is 33.6 Å². The van der Waals surface area contributed by atoms with Crippen molar-refractivity contribution < 1.29 is 0 Å². The van der Waals surface area contributed by atoms with E-state index < -0.39 is 0 Å². The molecule has 0 saturated heterocycles. The van der Waals surface area contributed by atoms with Gasteiger partial charge in [0.25, 0.3) is 0 Å². The average molecular weight is 733 g/mol. The van der Waals surface area contributed by atoms with Gasteiger partial charge in [0.05, 0.1) is 11.4 Å². The number of fused-ring (bicyclic) bond motifs is 7. The molecule has 11 rings (SSSR count). The normalized spacial score (nSPS) is 13.0. The van der Waals surface area contributed by atoms with Crippen molar-refractivity contribution in [1.82, 2.24) is 9.97 Å². The lowest BCUT2D eigenvalue weighted by molar-refractivity contribution is 0.660. The average Bonchev–Trinajstić information content (AvgIpc) is 3.73. The Morgan fingerprint density at radius 2 is 1.02 bits per heavy atom. The van der Waals surface area contributed by atoms with Gasteiger partial charge in [-0.1, -0.05) is 147 Å². The quantitative estimate of drug-likeness (QED) is 0.176. The molecule has 0 aliphatic heterocycles. The molecule has 0 saturated carbocycles. The van der Waals surface area contributed by atoms with Crippen molar-refractivity contribution in [1.29, 1.82) is 0 Å². The largest absolute Gasteiger partial charge is 0.228 e. The first-order valence-corrected chi connectivity index (χ1v) is 20.0. The third kappa shape index (κ3) is 5.31. The van der Waals surface area contributed by atoms with Crippen LogP contribution in [0, 0.1) is 0 Å². The molecule has 0 amide bonds. The molecule has 0 fully saturated rings. The summed E-state index contributed by atoms with van der Waals surface area (Å²) < 4.78 is 2.59. The Bertz CT molecular complexity index is 3160. The van der Waals surface area contributed by atoms with E-state index in [1.165, 1.54) is 69.9 Å². The summed E-state index contributed by atoms with van der Waals surface area (Å²) >= 11 is 1.87. The predicted octanol–water partition coefficient (Wildman–Crippen LogP) is 14.6. The third-order valence-electron chi connectivity index (χ3n) is 11.6. The third-order valence-corrected chi connectivity index (χ3v) is 12.8. The molecule has 264 valence electrons. The predicted molar refractivity (Wildman–Crippen MR) is 237 cm³/mol. The summed E-state index contributed by atoms with van der Waals surface area (Å²) in [6, 6.07) is 66.0. The van der Waals surface area contributed by atoms with E-state index in [9.17, 15) is 0 Å². The van der Waals surface area contributed by atoms with E-state index in [1.807, 2.05) is 17.4 Å². The Morgan fingerprint density at radius 3 is 1.82 bits per heavy atom. The van der Waals surface area contributed by atoms with Crippen molar-refractivity contribution in [3.05, 3.63) is 193 Å². The zero-order valence-electron chi connectivity index (χ0n) is 31.1. The molecular weight excluding hydrogens is 697 g/mol. The summed E-state index contributed by atoms with van der Waals surface area (Å²) in [5, 5.41) is 5.12. The van der Waals surface area contributed by atoms with Gasteiger partial charge in [-0.3, -0.25) is 0 Å². The van der Waals surface area contributed by atoms with Gasteiger partial charge in [0, 0.05) is 42.3 Å². The van der Waals surface area contributed by atoms with Gasteiger partial charge in [-0.05, 0) is 104 Å². The lowest BCUT2D eigenvalue weighted by Gasteiger charge is -2.22. The molecule has 2 heterocycles. The van der Waals surface area contributed by atoms with Crippen molar-refractivity contribution in [2.75, 3.05) is 0 Å². The van der Waals surface area contributed by atoms with Crippen LogP contribution in [-0.4, -0.2) is 9.97 Å². The lowest BCUT2D eigenvalue weighted by Crippen LogP contribution is -2.14. The Kier molecular flexibility index (Phi) is 7.42. The van der Waals surface area contributed by atoms with E-state index in [-0.39, 0.29) is 5.41 Å². The number of rotatable bonds is 5. The molecule has 0 spiro atoms. The Morgan fingerprint density at radius 1 is 0.393 bits per heavy atom. The van der Waals surface area contributed by atoms with Crippen LogP contribution in [0.25, 0.3) is 98.2 Å². The molecule has 3 heteroatoms. The van der Waals surface area contributed by atoms with Gasteiger partial charge >= 0.3 is 0 Å². The molecule has 0 bridgehead atoms. The molecular formula is C53H36N2S. The Balaban J connectivity index is 1.14. The molecule has 2 nitrogen and oxygen atoms in total. The minimum atomic E-state index is -0.113. The van der Waals surface area contributed by atoms with Crippen LogP contribution in [0.1, 0.15) is 25.0 Å². The van der Waals surface area contributed by atoms with Gasteiger partial charge in [-0.25, -0.2) is 9.97 Å². The summed E-state index contributed by atoms with van der Waals surface area (Å²) in [5.41, 5.74) is 14.8. The summed E-state index contributed by atoms with van der Waals surface area (Å²) in [5.74, 6) is 0.714. The number of hydrogen-bond donors (Lipinski definition) is 0. The molecule has 0 N–H and O–H groups in total. The summed E-state index contributed by atoms with van der Waals surface area (Å²) in [6.07, 6.45) is 0. The summed E-state index contributed by atoms with van der Waals surface area (Å²) in [4.78, 5) is 10.6. The highest BCUT2D eigenvalue weighted by Gasteiger charge is 2.35. The van der Waals surface area contributed by atoms with E-state index in [2.05, 4.69) is 190 Å². The van der Waals surface area contributed by atoms with Gasteiger partial charge in [-0.2, -0.15) is 0 Å². The first-order chi connectivity index (χ1) is 27.5. The van der Waals surface area contributed by atoms with Gasteiger partial charge in [0.2, 0.25) is 0 Å². The fraction of sp³-hybridized carbons (Fsp3) is 0.0566. The smallest absolute Gasteiger partial charge is 0.160 e. The second kappa shape index (κ2) is 12.7. The van der Waals surface area contributed by atoms with Crippen molar-refractivity contribution in [2.24, 2.45) is 0 Å². The summed E-state index contributed by atoms with van der Waals surface area (Å²) in [6.45, 7) is 4.66. The monoisotopic (exact) mass is 732 g/mol. The Labute approximate surface area is 330 Å². The molecule has 2 aromatic heterocycles. The Hall–Kier alpha value is -6.68. The molecule has 0 atom stereocenters. The van der Waals surface area contributed by atoms with Crippen LogP contribution in [0.4, 0.5) is 0 Å². The van der Waals surface area contributed by atoms with E-state index in [1.54, 1.807) is 0 Å². The van der Waals surface area contributed by atoms with Crippen LogP contribution in [0.2, 0.25) is 0 Å². The maximum Gasteiger partial charge on any atom is 0.160 e. The van der Waals surface area contributed by atoms with E-state index in [0.29, 0.717) is 5.82 Å². The molecule has 1 aliphatic rings. The van der Waals surface area contributed by atoms with Crippen molar-refractivity contribution >= 4 is 42.3 Å². The van der Waals surface area contributed by atoms with Crippen molar-refractivity contribution in [3.8, 4) is 67.3 Å². The summed E-state index contributed by atoms with van der Waals surface area (Å²) in [7, 11) is 0. The molecule has 10 aromatic rings. The first-order valence-electron chi connectivity index (χ1n) is 19.2. The highest BCUT2D eigenvalue weighted by molar-refractivity contribution is 7.26. The molecule has 56 heavy (non-hydrogen) atoms.